The summed E-state index contributed by atoms with van der Waals surface area (Å²) in [4.78, 5) is 10.4. The van der Waals surface area contributed by atoms with Crippen molar-refractivity contribution in [1.82, 2.24) is 0 Å². The number of benzene rings is 1. The Balaban J connectivity index is 2.06. The van der Waals surface area contributed by atoms with Crippen LogP contribution in [0.25, 0.3) is 0 Å². The fraction of sp³-hybridized carbons (Fsp3) is 0.538. The molecule has 1 saturated heterocycles. The van der Waals surface area contributed by atoms with Gasteiger partial charge >= 0.3 is 5.69 Å². The van der Waals surface area contributed by atoms with Crippen LogP contribution in [0, 0.1) is 10.1 Å². The van der Waals surface area contributed by atoms with Gasteiger partial charge in [-0.3, -0.25) is 10.1 Å². The predicted molar refractivity (Wildman–Crippen MR) is 68.1 cm³/mol. The van der Waals surface area contributed by atoms with E-state index in [0.717, 1.165) is 12.8 Å². The van der Waals surface area contributed by atoms with Gasteiger partial charge in [0.2, 0.25) is 0 Å². The molecule has 0 spiro atoms. The van der Waals surface area contributed by atoms with E-state index in [1.165, 1.54) is 18.2 Å². The number of nitro benzene ring substituents is 1. The van der Waals surface area contributed by atoms with Gasteiger partial charge in [0.1, 0.15) is 6.61 Å². The van der Waals surface area contributed by atoms with E-state index in [2.05, 4.69) is 0 Å². The molecule has 0 aliphatic carbocycles. The third-order valence-corrected chi connectivity index (χ3v) is 3.15. The molecular formula is C13H17NO5. The molecule has 1 N–H and O–H groups in total. The van der Waals surface area contributed by atoms with Crippen molar-refractivity contribution in [3.05, 3.63) is 33.9 Å². The number of aliphatic hydroxyl groups is 1. The SMILES string of the molecule is CC1CCC(COc2cc(CO)ccc2[N+](=O)[O-])O1. The highest BCUT2D eigenvalue weighted by Crippen LogP contribution is 2.29. The molecule has 6 nitrogen and oxygen atoms in total. The van der Waals surface area contributed by atoms with Gasteiger partial charge in [0, 0.05) is 6.07 Å². The minimum Gasteiger partial charge on any atom is -0.484 e. The van der Waals surface area contributed by atoms with Gasteiger partial charge in [0.25, 0.3) is 0 Å². The van der Waals surface area contributed by atoms with Crippen molar-refractivity contribution in [3.8, 4) is 5.75 Å². The van der Waals surface area contributed by atoms with Crippen LogP contribution in [0.1, 0.15) is 25.3 Å². The maximum absolute atomic E-state index is 10.9. The number of hydrogen-bond donors (Lipinski definition) is 1. The summed E-state index contributed by atoms with van der Waals surface area (Å²) < 4.78 is 11.1. The van der Waals surface area contributed by atoms with Crippen molar-refractivity contribution in [2.45, 2.75) is 38.6 Å². The Morgan fingerprint density at radius 2 is 2.32 bits per heavy atom. The third-order valence-electron chi connectivity index (χ3n) is 3.15. The lowest BCUT2D eigenvalue weighted by molar-refractivity contribution is -0.385. The molecule has 1 aromatic carbocycles. The molecule has 0 radical (unpaired) electrons. The summed E-state index contributed by atoms with van der Waals surface area (Å²) in [5.41, 5.74) is 0.490. The van der Waals surface area contributed by atoms with Crippen LogP contribution in [-0.2, 0) is 11.3 Å². The van der Waals surface area contributed by atoms with Crippen LogP contribution < -0.4 is 4.74 Å². The molecule has 0 saturated carbocycles. The number of hydrogen-bond acceptors (Lipinski definition) is 5. The minimum atomic E-state index is -0.491. The molecule has 2 atom stereocenters. The molecule has 0 bridgehead atoms. The largest absolute Gasteiger partial charge is 0.484 e. The van der Waals surface area contributed by atoms with Crippen LogP contribution in [0.3, 0.4) is 0 Å². The zero-order valence-corrected chi connectivity index (χ0v) is 10.7. The molecule has 1 aliphatic rings. The van der Waals surface area contributed by atoms with Crippen LogP contribution in [0.5, 0.6) is 5.75 Å². The summed E-state index contributed by atoms with van der Waals surface area (Å²) in [7, 11) is 0. The highest BCUT2D eigenvalue weighted by Gasteiger charge is 2.24. The predicted octanol–water partition coefficient (Wildman–Crippen LogP) is 2.03. The second-order valence-electron chi connectivity index (χ2n) is 4.67. The molecule has 0 aromatic heterocycles. The van der Waals surface area contributed by atoms with Crippen molar-refractivity contribution >= 4 is 5.69 Å². The molecule has 2 rings (SSSR count). The Bertz CT molecular complexity index is 462. The van der Waals surface area contributed by atoms with Crippen molar-refractivity contribution in [3.63, 3.8) is 0 Å². The first-order valence-corrected chi connectivity index (χ1v) is 6.26. The summed E-state index contributed by atoms with van der Waals surface area (Å²) in [5.74, 6) is 0.180. The van der Waals surface area contributed by atoms with Crippen LogP contribution in [0.15, 0.2) is 18.2 Å². The summed E-state index contributed by atoms with van der Waals surface area (Å²) >= 11 is 0. The monoisotopic (exact) mass is 267 g/mol. The Kier molecular flexibility index (Phi) is 4.34. The van der Waals surface area contributed by atoms with Gasteiger partial charge in [0.15, 0.2) is 5.75 Å². The summed E-state index contributed by atoms with van der Waals surface area (Å²) in [6, 6.07) is 4.36. The number of rotatable bonds is 5. The van der Waals surface area contributed by atoms with E-state index in [4.69, 9.17) is 14.6 Å². The summed E-state index contributed by atoms with van der Waals surface area (Å²) in [6.07, 6.45) is 2.07. The topological polar surface area (TPSA) is 81.8 Å². The molecule has 1 heterocycles. The van der Waals surface area contributed by atoms with Crippen molar-refractivity contribution < 1.29 is 19.5 Å². The first-order valence-electron chi connectivity index (χ1n) is 6.26. The van der Waals surface area contributed by atoms with E-state index in [0.29, 0.717) is 12.2 Å². The van der Waals surface area contributed by atoms with Gasteiger partial charge in [-0.1, -0.05) is 0 Å². The van der Waals surface area contributed by atoms with E-state index in [1.54, 1.807) is 0 Å². The molecule has 1 fully saturated rings. The average Bonchev–Trinajstić information content (AvgIpc) is 2.81. The van der Waals surface area contributed by atoms with Crippen molar-refractivity contribution in [1.29, 1.82) is 0 Å². The fourth-order valence-electron chi connectivity index (χ4n) is 2.11. The van der Waals surface area contributed by atoms with Crippen molar-refractivity contribution in [2.24, 2.45) is 0 Å². The quantitative estimate of drug-likeness (QED) is 0.652. The van der Waals surface area contributed by atoms with E-state index in [1.807, 2.05) is 6.92 Å². The number of nitrogens with zero attached hydrogens (tertiary/aromatic N) is 1. The van der Waals surface area contributed by atoms with Gasteiger partial charge in [-0.15, -0.1) is 0 Å². The number of ether oxygens (including phenoxy) is 2. The highest BCUT2D eigenvalue weighted by molar-refractivity contribution is 5.48. The molecule has 1 aliphatic heterocycles. The third kappa shape index (κ3) is 3.42. The molecule has 6 heteroatoms. The van der Waals surface area contributed by atoms with Crippen molar-refractivity contribution in [2.75, 3.05) is 6.61 Å². The molecule has 19 heavy (non-hydrogen) atoms. The summed E-state index contributed by atoms with van der Waals surface area (Å²) in [5, 5.41) is 20.0. The normalized spacial score (nSPS) is 22.4. The first-order chi connectivity index (χ1) is 9.10. The molecule has 104 valence electrons. The second kappa shape index (κ2) is 5.99. The van der Waals surface area contributed by atoms with Gasteiger partial charge in [-0.25, -0.2) is 0 Å². The van der Waals surface area contributed by atoms with Crippen LogP contribution in [-0.4, -0.2) is 28.8 Å². The maximum atomic E-state index is 10.9. The lowest BCUT2D eigenvalue weighted by atomic mass is 10.2. The Morgan fingerprint density at radius 1 is 1.53 bits per heavy atom. The van der Waals surface area contributed by atoms with E-state index >= 15 is 0 Å². The highest BCUT2D eigenvalue weighted by atomic mass is 16.6. The number of aliphatic hydroxyl groups excluding tert-OH is 1. The Labute approximate surface area is 111 Å². The van der Waals surface area contributed by atoms with E-state index in [-0.39, 0.29) is 30.3 Å². The Morgan fingerprint density at radius 3 is 2.89 bits per heavy atom. The van der Waals surface area contributed by atoms with Gasteiger partial charge in [0.05, 0.1) is 23.7 Å². The van der Waals surface area contributed by atoms with E-state index < -0.39 is 4.92 Å². The van der Waals surface area contributed by atoms with Gasteiger partial charge < -0.3 is 14.6 Å². The zero-order valence-electron chi connectivity index (χ0n) is 10.7. The fourth-order valence-corrected chi connectivity index (χ4v) is 2.11. The van der Waals surface area contributed by atoms with Crippen LogP contribution in [0.2, 0.25) is 0 Å². The number of nitro groups is 1. The molecule has 0 amide bonds. The first kappa shape index (κ1) is 13.8. The maximum Gasteiger partial charge on any atom is 0.310 e. The Hall–Kier alpha value is -1.66. The van der Waals surface area contributed by atoms with E-state index in [9.17, 15) is 10.1 Å². The van der Waals surface area contributed by atoms with Crippen LogP contribution in [0.4, 0.5) is 5.69 Å². The van der Waals surface area contributed by atoms with Crippen LogP contribution >= 0.6 is 0 Å². The second-order valence-corrected chi connectivity index (χ2v) is 4.67. The van der Waals surface area contributed by atoms with Gasteiger partial charge in [-0.05, 0) is 37.5 Å². The standard InChI is InChI=1S/C13H17NO5/c1-9-2-4-11(19-9)8-18-13-6-10(7-15)3-5-12(13)14(16)17/h3,5-6,9,11,15H,2,4,7-8H2,1H3. The molecule has 1 aromatic rings. The zero-order chi connectivity index (χ0) is 13.8. The molecular weight excluding hydrogens is 250 g/mol. The molecule has 2 unspecified atom stereocenters. The lowest BCUT2D eigenvalue weighted by Crippen LogP contribution is -2.18. The lowest BCUT2D eigenvalue weighted by Gasteiger charge is -2.13. The minimum absolute atomic E-state index is 0.0209. The summed E-state index contributed by atoms with van der Waals surface area (Å²) in [6.45, 7) is 2.11. The smallest absolute Gasteiger partial charge is 0.310 e. The van der Waals surface area contributed by atoms with Gasteiger partial charge in [-0.2, -0.15) is 0 Å². The average molecular weight is 267 g/mol.